The number of hydrogen-bond donors (Lipinski definition) is 0. The van der Waals surface area contributed by atoms with Crippen LogP contribution in [0.25, 0.3) is 11.0 Å². The van der Waals surface area contributed by atoms with Crippen LogP contribution in [0.2, 0.25) is 0 Å². The highest BCUT2D eigenvalue weighted by molar-refractivity contribution is 7.99. The molecule has 0 radical (unpaired) electrons. The maximum Gasteiger partial charge on any atom is 0.233 e. The van der Waals surface area contributed by atoms with Crippen LogP contribution in [0.4, 0.5) is 4.39 Å². The number of carbonyl (C=O) groups is 1. The molecule has 0 spiro atoms. The van der Waals surface area contributed by atoms with Crippen molar-refractivity contribution in [2.45, 2.75) is 18.5 Å². The van der Waals surface area contributed by atoms with Gasteiger partial charge in [0.15, 0.2) is 0 Å². The van der Waals surface area contributed by atoms with Crippen LogP contribution in [-0.4, -0.2) is 33.6 Å². The molecule has 2 aromatic carbocycles. The Kier molecular flexibility index (Phi) is 5.28. The number of thioether (sulfide) groups is 1. The van der Waals surface area contributed by atoms with E-state index in [1.165, 1.54) is 23.9 Å². The number of halogens is 1. The van der Waals surface area contributed by atoms with E-state index in [9.17, 15) is 9.18 Å². The van der Waals surface area contributed by atoms with Crippen molar-refractivity contribution in [2.75, 3.05) is 12.8 Å². The van der Waals surface area contributed by atoms with E-state index in [0.29, 0.717) is 6.54 Å². The summed E-state index contributed by atoms with van der Waals surface area (Å²) in [6.45, 7) is 2.34. The maximum absolute atomic E-state index is 12.9. The minimum Gasteiger partial charge on any atom is -0.341 e. The van der Waals surface area contributed by atoms with Gasteiger partial charge in [0.25, 0.3) is 0 Å². The molecule has 3 aromatic rings. The van der Waals surface area contributed by atoms with E-state index in [1.807, 2.05) is 31.2 Å². The van der Waals surface area contributed by atoms with Gasteiger partial charge >= 0.3 is 0 Å². The number of para-hydroxylation sites is 2. The molecule has 3 rings (SSSR count). The number of benzene rings is 2. The normalized spacial score (nSPS) is 10.8. The fraction of sp³-hybridized carbons (Fsp3) is 0.211. The van der Waals surface area contributed by atoms with Crippen LogP contribution >= 0.6 is 11.8 Å². The van der Waals surface area contributed by atoms with Crippen molar-refractivity contribution >= 4 is 28.7 Å². The fourth-order valence-corrected chi connectivity index (χ4v) is 3.30. The topological polar surface area (TPSA) is 46.1 Å². The first kappa shape index (κ1) is 17.4. The van der Waals surface area contributed by atoms with Crippen LogP contribution in [0.5, 0.6) is 0 Å². The summed E-state index contributed by atoms with van der Waals surface area (Å²) in [5.41, 5.74) is 3.38. The molecule has 1 heterocycles. The van der Waals surface area contributed by atoms with Gasteiger partial charge in [-0.3, -0.25) is 4.79 Å². The van der Waals surface area contributed by atoms with E-state index >= 15 is 0 Å². The maximum atomic E-state index is 12.9. The molecule has 0 saturated heterocycles. The van der Waals surface area contributed by atoms with Crippen molar-refractivity contribution < 1.29 is 9.18 Å². The minimum absolute atomic E-state index is 0.0105. The van der Waals surface area contributed by atoms with Crippen LogP contribution in [0.3, 0.4) is 0 Å². The third-order valence-corrected chi connectivity index (χ3v) is 4.84. The molecule has 0 unspecified atom stereocenters. The summed E-state index contributed by atoms with van der Waals surface area (Å²) in [5.74, 6) is -0.00623. The van der Waals surface area contributed by atoms with Gasteiger partial charge in [0, 0.05) is 13.6 Å². The average Bonchev–Trinajstić information content (AvgIpc) is 2.61. The molecule has 1 aromatic heterocycles. The second kappa shape index (κ2) is 7.61. The first-order chi connectivity index (χ1) is 12.0. The summed E-state index contributed by atoms with van der Waals surface area (Å²) in [6.07, 6.45) is 0. The van der Waals surface area contributed by atoms with Crippen LogP contribution < -0.4 is 0 Å². The van der Waals surface area contributed by atoms with Gasteiger partial charge in [-0.05, 0) is 36.8 Å². The smallest absolute Gasteiger partial charge is 0.233 e. The fourth-order valence-electron chi connectivity index (χ4n) is 2.40. The summed E-state index contributed by atoms with van der Waals surface area (Å²) in [7, 11) is 1.74. The molecule has 0 aliphatic carbocycles. The lowest BCUT2D eigenvalue weighted by Gasteiger charge is -2.17. The lowest BCUT2D eigenvalue weighted by atomic mass is 10.2. The SMILES string of the molecule is Cc1nc2ccccc2nc1SCC(=O)N(C)Cc1ccc(F)cc1. The van der Waals surface area contributed by atoms with Gasteiger partial charge in [-0.15, -0.1) is 0 Å². The lowest BCUT2D eigenvalue weighted by molar-refractivity contribution is -0.127. The number of aryl methyl sites for hydroxylation is 1. The number of carbonyl (C=O) groups excluding carboxylic acids is 1. The first-order valence-electron chi connectivity index (χ1n) is 7.87. The van der Waals surface area contributed by atoms with Crippen LogP contribution in [-0.2, 0) is 11.3 Å². The predicted octanol–water partition coefficient (Wildman–Crippen LogP) is 3.83. The number of nitrogens with zero attached hydrogens (tertiary/aromatic N) is 3. The van der Waals surface area contributed by atoms with E-state index in [4.69, 9.17) is 0 Å². The summed E-state index contributed by atoms with van der Waals surface area (Å²) in [5, 5.41) is 0.766. The van der Waals surface area contributed by atoms with Crippen molar-refractivity contribution in [1.29, 1.82) is 0 Å². The van der Waals surface area contributed by atoms with Gasteiger partial charge < -0.3 is 4.90 Å². The molecule has 128 valence electrons. The molecule has 0 bridgehead atoms. The van der Waals surface area contributed by atoms with Crippen molar-refractivity contribution in [2.24, 2.45) is 0 Å². The highest BCUT2D eigenvalue weighted by Gasteiger charge is 2.13. The number of rotatable bonds is 5. The Morgan fingerprint density at radius 1 is 1.08 bits per heavy atom. The molecule has 6 heteroatoms. The molecule has 0 aliphatic heterocycles. The molecule has 1 amide bonds. The van der Waals surface area contributed by atoms with E-state index < -0.39 is 0 Å². The van der Waals surface area contributed by atoms with Gasteiger partial charge in [0.05, 0.1) is 22.5 Å². The largest absolute Gasteiger partial charge is 0.341 e. The minimum atomic E-state index is -0.279. The number of amides is 1. The van der Waals surface area contributed by atoms with Gasteiger partial charge in [-0.1, -0.05) is 36.0 Å². The van der Waals surface area contributed by atoms with Gasteiger partial charge in [0.2, 0.25) is 5.91 Å². The number of fused-ring (bicyclic) bond motifs is 1. The Morgan fingerprint density at radius 2 is 1.72 bits per heavy atom. The standard InChI is InChI=1S/C19H18FN3OS/c1-13-19(22-17-6-4-3-5-16(17)21-13)25-12-18(24)23(2)11-14-7-9-15(20)10-8-14/h3-10H,11-12H2,1-2H3. The van der Waals surface area contributed by atoms with Crippen molar-refractivity contribution in [3.8, 4) is 0 Å². The zero-order valence-corrected chi connectivity index (χ0v) is 14.9. The van der Waals surface area contributed by atoms with E-state index in [2.05, 4.69) is 9.97 Å². The number of hydrogen-bond acceptors (Lipinski definition) is 4. The van der Waals surface area contributed by atoms with Crippen LogP contribution in [0.15, 0.2) is 53.6 Å². The summed E-state index contributed by atoms with van der Waals surface area (Å²) in [4.78, 5) is 23.1. The predicted molar refractivity (Wildman–Crippen MR) is 97.9 cm³/mol. The average molecular weight is 355 g/mol. The zero-order chi connectivity index (χ0) is 17.8. The molecular weight excluding hydrogens is 337 g/mol. The van der Waals surface area contributed by atoms with Crippen molar-refractivity contribution in [3.05, 3.63) is 65.6 Å². The summed E-state index contributed by atoms with van der Waals surface area (Å²) in [6, 6.07) is 13.8. The Hall–Kier alpha value is -2.47. The van der Waals surface area contributed by atoms with E-state index in [-0.39, 0.29) is 17.5 Å². The Labute approximate surface area is 150 Å². The van der Waals surface area contributed by atoms with Crippen molar-refractivity contribution in [3.63, 3.8) is 0 Å². The highest BCUT2D eigenvalue weighted by Crippen LogP contribution is 2.22. The summed E-state index contributed by atoms with van der Waals surface area (Å²) >= 11 is 1.39. The molecule has 25 heavy (non-hydrogen) atoms. The number of aromatic nitrogens is 2. The van der Waals surface area contributed by atoms with Crippen molar-refractivity contribution in [1.82, 2.24) is 14.9 Å². The van der Waals surface area contributed by atoms with Crippen LogP contribution in [0.1, 0.15) is 11.3 Å². The lowest BCUT2D eigenvalue weighted by Crippen LogP contribution is -2.27. The monoisotopic (exact) mass is 355 g/mol. The third kappa shape index (κ3) is 4.33. The van der Waals surface area contributed by atoms with Gasteiger partial charge in [-0.25, -0.2) is 14.4 Å². The second-order valence-corrected chi connectivity index (χ2v) is 6.73. The van der Waals surface area contributed by atoms with E-state index in [1.54, 1.807) is 24.1 Å². The molecule has 0 atom stereocenters. The summed E-state index contributed by atoms with van der Waals surface area (Å²) < 4.78 is 12.9. The Balaban J connectivity index is 1.63. The Bertz CT molecular complexity index is 899. The molecule has 4 nitrogen and oxygen atoms in total. The molecular formula is C19H18FN3OS. The second-order valence-electron chi connectivity index (χ2n) is 5.77. The first-order valence-corrected chi connectivity index (χ1v) is 8.86. The van der Waals surface area contributed by atoms with Gasteiger partial charge in [0.1, 0.15) is 10.8 Å². The third-order valence-electron chi connectivity index (χ3n) is 3.79. The molecule has 0 aliphatic rings. The highest BCUT2D eigenvalue weighted by atomic mass is 32.2. The molecule has 0 fully saturated rings. The molecule has 0 N–H and O–H groups in total. The van der Waals surface area contributed by atoms with E-state index in [0.717, 1.165) is 27.3 Å². The van der Waals surface area contributed by atoms with Crippen LogP contribution in [0, 0.1) is 12.7 Å². The van der Waals surface area contributed by atoms with Gasteiger partial charge in [-0.2, -0.15) is 0 Å². The molecule has 0 saturated carbocycles. The zero-order valence-electron chi connectivity index (χ0n) is 14.1. The Morgan fingerprint density at radius 3 is 2.40 bits per heavy atom. The quantitative estimate of drug-likeness (QED) is 0.653.